The highest BCUT2D eigenvalue weighted by Gasteiger charge is 2.39. The van der Waals surface area contributed by atoms with Gasteiger partial charge in [-0.25, -0.2) is 0 Å². The maximum atomic E-state index is 13.4. The van der Waals surface area contributed by atoms with Crippen molar-refractivity contribution in [3.05, 3.63) is 53.6 Å². The molecule has 0 radical (unpaired) electrons. The van der Waals surface area contributed by atoms with Crippen LogP contribution < -0.4 is 16.0 Å². The molecule has 3 N–H and O–H groups in total. The molecule has 0 saturated carbocycles. The number of nitrogens with one attached hydrogen (secondary N) is 3. The van der Waals surface area contributed by atoms with Gasteiger partial charge in [0.25, 0.3) is 0 Å². The van der Waals surface area contributed by atoms with Crippen LogP contribution >= 0.6 is 0 Å². The Labute approximate surface area is 217 Å². The first-order chi connectivity index (χ1) is 17.5. The van der Waals surface area contributed by atoms with Crippen molar-refractivity contribution in [1.82, 2.24) is 15.5 Å². The van der Waals surface area contributed by atoms with E-state index in [0.29, 0.717) is 25.2 Å². The Bertz CT molecular complexity index is 1010. The lowest BCUT2D eigenvalue weighted by Gasteiger charge is -2.43. The molecule has 204 valence electrons. The summed E-state index contributed by atoms with van der Waals surface area (Å²) in [4.78, 5) is 26.0. The van der Waals surface area contributed by atoms with Gasteiger partial charge >= 0.3 is 18.0 Å². The molecule has 1 aromatic rings. The van der Waals surface area contributed by atoms with E-state index < -0.39 is 23.6 Å². The van der Waals surface area contributed by atoms with E-state index in [1.165, 1.54) is 6.07 Å². The molecule has 1 aliphatic carbocycles. The summed E-state index contributed by atoms with van der Waals surface area (Å²) in [5, 5.41) is 8.87. The maximum Gasteiger partial charge on any atom is 0.416 e. The number of anilines is 1. The zero-order valence-electron chi connectivity index (χ0n) is 22.1. The zero-order chi connectivity index (χ0) is 27.2. The van der Waals surface area contributed by atoms with Crippen LogP contribution in [0.4, 0.5) is 18.9 Å². The third-order valence-corrected chi connectivity index (χ3v) is 7.42. The number of benzene rings is 1. The minimum Gasteiger partial charge on any atom is -0.381 e. The number of amides is 2. The average molecular weight is 521 g/mol. The Morgan fingerprint density at radius 3 is 2.54 bits per heavy atom. The molecule has 1 unspecified atom stereocenters. The molecule has 0 saturated heterocycles. The standard InChI is InChI=1S/C28H39F3N4O2/c1-18(17-33-27(37)26(36)32-14-15-35(3)4)10-12-22-19(2)23-16-21(28(29,30)31)11-13-24(23)34-25(22)20-8-6-5-7-9-20/h5-8,11,13,16,18-20,22,25,34H,9-10,12,14-15,17H2,1-4H3,(H,32,36)(H,33,37)/t18-,19+,20?,22-,25+/m1/s1. The highest BCUT2D eigenvalue weighted by atomic mass is 19.4. The number of rotatable bonds is 9. The Balaban J connectivity index is 1.64. The number of halogens is 3. The van der Waals surface area contributed by atoms with Gasteiger partial charge in [-0.1, -0.05) is 38.2 Å². The number of hydrogen-bond acceptors (Lipinski definition) is 4. The molecule has 1 aromatic carbocycles. The molecule has 0 fully saturated rings. The largest absolute Gasteiger partial charge is 0.416 e. The number of alkyl halides is 3. The third-order valence-electron chi connectivity index (χ3n) is 7.42. The Morgan fingerprint density at radius 2 is 1.89 bits per heavy atom. The predicted octanol–water partition coefficient (Wildman–Crippen LogP) is 4.56. The molecule has 0 aromatic heterocycles. The van der Waals surface area contributed by atoms with Gasteiger partial charge in [0.05, 0.1) is 5.56 Å². The molecule has 3 rings (SSSR count). The first-order valence-corrected chi connectivity index (χ1v) is 13.0. The van der Waals surface area contributed by atoms with Crippen LogP contribution in [-0.2, 0) is 15.8 Å². The van der Waals surface area contributed by atoms with Crippen LogP contribution in [0.25, 0.3) is 0 Å². The van der Waals surface area contributed by atoms with E-state index in [1.54, 1.807) is 6.07 Å². The molecule has 0 bridgehead atoms. The van der Waals surface area contributed by atoms with Gasteiger partial charge < -0.3 is 20.9 Å². The highest BCUT2D eigenvalue weighted by Crippen LogP contribution is 2.45. The zero-order valence-corrected chi connectivity index (χ0v) is 22.1. The van der Waals surface area contributed by atoms with Crippen molar-refractivity contribution in [3.63, 3.8) is 0 Å². The van der Waals surface area contributed by atoms with E-state index in [9.17, 15) is 22.8 Å². The Kier molecular flexibility index (Phi) is 9.81. The van der Waals surface area contributed by atoms with Gasteiger partial charge in [0.2, 0.25) is 0 Å². The summed E-state index contributed by atoms with van der Waals surface area (Å²) in [6.45, 7) is 5.43. The molecule has 5 atom stereocenters. The molecule has 6 nitrogen and oxygen atoms in total. The molecule has 2 amide bonds. The summed E-state index contributed by atoms with van der Waals surface area (Å²) in [6, 6.07) is 4.08. The molecule has 1 aliphatic heterocycles. The van der Waals surface area contributed by atoms with Gasteiger partial charge in [-0.3, -0.25) is 9.59 Å². The lowest BCUT2D eigenvalue weighted by atomic mass is 9.70. The predicted molar refractivity (Wildman–Crippen MR) is 140 cm³/mol. The number of hydrogen-bond donors (Lipinski definition) is 3. The summed E-state index contributed by atoms with van der Waals surface area (Å²) < 4.78 is 40.2. The van der Waals surface area contributed by atoms with Crippen LogP contribution in [-0.4, -0.2) is 56.5 Å². The van der Waals surface area contributed by atoms with Crippen LogP contribution in [0.3, 0.4) is 0 Å². The second kappa shape index (κ2) is 12.6. The molecule has 37 heavy (non-hydrogen) atoms. The fourth-order valence-electron chi connectivity index (χ4n) is 5.20. The third kappa shape index (κ3) is 7.84. The molecule has 0 spiro atoms. The monoisotopic (exact) mass is 520 g/mol. The summed E-state index contributed by atoms with van der Waals surface area (Å²) in [7, 11) is 3.77. The van der Waals surface area contributed by atoms with Crippen LogP contribution in [0.15, 0.2) is 42.5 Å². The van der Waals surface area contributed by atoms with Crippen molar-refractivity contribution >= 4 is 17.5 Å². The minimum atomic E-state index is -4.39. The smallest absolute Gasteiger partial charge is 0.381 e. The van der Waals surface area contributed by atoms with E-state index in [2.05, 4.69) is 28.1 Å². The molecule has 1 heterocycles. The van der Waals surface area contributed by atoms with Crippen LogP contribution in [0.5, 0.6) is 0 Å². The number of carbonyl (C=O) groups excluding carboxylic acids is 2. The number of carbonyl (C=O) groups is 2. The lowest BCUT2D eigenvalue weighted by Crippen LogP contribution is -2.44. The summed E-state index contributed by atoms with van der Waals surface area (Å²) >= 11 is 0. The average Bonchev–Trinajstić information content (AvgIpc) is 2.86. The topological polar surface area (TPSA) is 73.5 Å². The number of likely N-dealkylation sites (N-methyl/N-ethyl adjacent to an activating group) is 1. The van der Waals surface area contributed by atoms with Crippen LogP contribution in [0.2, 0.25) is 0 Å². The normalized spacial score (nSPS) is 23.8. The van der Waals surface area contributed by atoms with Crippen molar-refractivity contribution in [1.29, 1.82) is 0 Å². The van der Waals surface area contributed by atoms with E-state index in [1.807, 2.05) is 45.0 Å². The fourth-order valence-corrected chi connectivity index (χ4v) is 5.20. The van der Waals surface area contributed by atoms with E-state index in [-0.39, 0.29) is 29.7 Å². The van der Waals surface area contributed by atoms with E-state index >= 15 is 0 Å². The Morgan fingerprint density at radius 1 is 1.16 bits per heavy atom. The molecule has 9 heteroatoms. The van der Waals surface area contributed by atoms with Gasteiger partial charge in [0.15, 0.2) is 0 Å². The Hall–Kier alpha value is -2.81. The van der Waals surface area contributed by atoms with Crippen molar-refractivity contribution in [2.75, 3.05) is 39.0 Å². The van der Waals surface area contributed by atoms with Crippen molar-refractivity contribution < 1.29 is 22.8 Å². The van der Waals surface area contributed by atoms with Gasteiger partial charge in [-0.15, -0.1) is 0 Å². The van der Waals surface area contributed by atoms with E-state index in [0.717, 1.165) is 31.0 Å². The summed E-state index contributed by atoms with van der Waals surface area (Å²) in [6.07, 6.45) is 6.39. The molecule has 2 aliphatic rings. The first kappa shape index (κ1) is 28.8. The summed E-state index contributed by atoms with van der Waals surface area (Å²) in [5.41, 5.74) is 0.838. The van der Waals surface area contributed by atoms with Gasteiger partial charge in [0.1, 0.15) is 0 Å². The quantitative estimate of drug-likeness (QED) is 0.418. The molecular weight excluding hydrogens is 481 g/mol. The van der Waals surface area contributed by atoms with Crippen LogP contribution in [0, 0.1) is 17.8 Å². The highest BCUT2D eigenvalue weighted by molar-refractivity contribution is 6.35. The van der Waals surface area contributed by atoms with Gasteiger partial charge in [0, 0.05) is 37.3 Å². The van der Waals surface area contributed by atoms with Crippen molar-refractivity contribution in [2.24, 2.45) is 17.8 Å². The summed E-state index contributed by atoms with van der Waals surface area (Å²) in [5.74, 6) is -0.890. The van der Waals surface area contributed by atoms with Gasteiger partial charge in [-0.2, -0.15) is 13.2 Å². The number of allylic oxidation sites excluding steroid dienone is 3. The first-order valence-electron chi connectivity index (χ1n) is 13.0. The van der Waals surface area contributed by atoms with Crippen molar-refractivity contribution in [2.45, 2.75) is 51.2 Å². The van der Waals surface area contributed by atoms with Gasteiger partial charge in [-0.05, 0) is 74.9 Å². The van der Waals surface area contributed by atoms with Crippen molar-refractivity contribution in [3.8, 4) is 0 Å². The maximum absolute atomic E-state index is 13.4. The molecular formula is C28H39F3N4O2. The lowest BCUT2D eigenvalue weighted by molar-refractivity contribution is -0.139. The second-order valence-corrected chi connectivity index (χ2v) is 10.6. The fraction of sp³-hybridized carbons (Fsp3) is 0.571. The second-order valence-electron chi connectivity index (χ2n) is 10.6. The number of nitrogens with zero attached hydrogens (tertiary/aromatic N) is 1. The SMILES string of the molecule is C[C@H](CC[C@@H]1[C@H](C)c2cc(C(F)(F)F)ccc2N[C@H]1C1C=CC=CC1)CNC(=O)C(=O)NCCN(C)C. The minimum absolute atomic E-state index is 0.0629. The van der Waals surface area contributed by atoms with E-state index in [4.69, 9.17) is 0 Å². The van der Waals surface area contributed by atoms with Crippen LogP contribution in [0.1, 0.15) is 50.2 Å². The number of fused-ring (bicyclic) bond motifs is 1.